The van der Waals surface area contributed by atoms with E-state index in [1.165, 1.54) is 35.2 Å². The molecule has 1 aromatic heterocycles. The number of aryl methyl sites for hydroxylation is 1. The van der Waals surface area contributed by atoms with E-state index in [9.17, 15) is 10.1 Å². The molecule has 90 valence electrons. The van der Waals surface area contributed by atoms with E-state index in [2.05, 4.69) is 4.98 Å². The van der Waals surface area contributed by atoms with Crippen molar-refractivity contribution in [3.8, 4) is 6.07 Å². The molecular weight excluding hydrogens is 270 g/mol. The molecule has 2 rings (SSSR count). The quantitative estimate of drug-likeness (QED) is 0.634. The first-order valence-corrected chi connectivity index (χ1v) is 6.58. The number of thiazole rings is 1. The molecule has 7 heteroatoms. The maximum absolute atomic E-state index is 10.7. The lowest BCUT2D eigenvalue weighted by Gasteiger charge is -1.99. The molecule has 0 radical (unpaired) electrons. The van der Waals surface area contributed by atoms with Crippen molar-refractivity contribution in [2.45, 2.75) is 16.2 Å². The first kappa shape index (κ1) is 12.5. The highest BCUT2D eigenvalue weighted by Crippen LogP contribution is 2.32. The second-order valence-corrected chi connectivity index (χ2v) is 5.58. The SMILES string of the molecule is Cc1csc(Sc2ccc([N+](=O)[O-])c(C#N)c2)n1. The van der Waals surface area contributed by atoms with E-state index < -0.39 is 4.92 Å². The molecule has 5 nitrogen and oxygen atoms in total. The highest BCUT2D eigenvalue weighted by Gasteiger charge is 2.14. The van der Waals surface area contributed by atoms with Gasteiger partial charge in [0, 0.05) is 22.0 Å². The molecule has 2 aromatic rings. The average molecular weight is 277 g/mol. The first-order chi connectivity index (χ1) is 8.60. The number of hydrogen-bond acceptors (Lipinski definition) is 6. The summed E-state index contributed by atoms with van der Waals surface area (Å²) in [6, 6.07) is 6.32. The summed E-state index contributed by atoms with van der Waals surface area (Å²) >= 11 is 2.90. The van der Waals surface area contributed by atoms with Crippen LogP contribution in [0.15, 0.2) is 32.8 Å². The average Bonchev–Trinajstić information content (AvgIpc) is 2.74. The third kappa shape index (κ3) is 2.67. The van der Waals surface area contributed by atoms with Crippen LogP contribution < -0.4 is 0 Å². The Labute approximate surface area is 111 Å². The molecule has 18 heavy (non-hydrogen) atoms. The van der Waals surface area contributed by atoms with Crippen molar-refractivity contribution in [3.05, 3.63) is 45.0 Å². The minimum atomic E-state index is -0.555. The van der Waals surface area contributed by atoms with Crippen LogP contribution in [0.4, 0.5) is 5.69 Å². The van der Waals surface area contributed by atoms with Crippen LogP contribution in [0.2, 0.25) is 0 Å². The molecule has 0 atom stereocenters. The minimum Gasteiger partial charge on any atom is -0.258 e. The van der Waals surface area contributed by atoms with Gasteiger partial charge in [-0.25, -0.2) is 4.98 Å². The van der Waals surface area contributed by atoms with Gasteiger partial charge in [0.2, 0.25) is 0 Å². The predicted octanol–water partition coefficient (Wildman–Crippen LogP) is 3.38. The molecule has 0 aliphatic rings. The summed E-state index contributed by atoms with van der Waals surface area (Å²) in [5.74, 6) is 0. The van der Waals surface area contributed by atoms with Crippen LogP contribution in [0, 0.1) is 28.4 Å². The topological polar surface area (TPSA) is 79.8 Å². The Kier molecular flexibility index (Phi) is 3.60. The van der Waals surface area contributed by atoms with Crippen molar-refractivity contribution >= 4 is 28.8 Å². The molecule has 0 saturated carbocycles. The van der Waals surface area contributed by atoms with Crippen LogP contribution in [0.3, 0.4) is 0 Å². The van der Waals surface area contributed by atoms with E-state index in [-0.39, 0.29) is 11.3 Å². The van der Waals surface area contributed by atoms with Gasteiger partial charge in [-0.2, -0.15) is 5.26 Å². The lowest BCUT2D eigenvalue weighted by atomic mass is 10.2. The molecular formula is C11H7N3O2S2. The lowest BCUT2D eigenvalue weighted by Crippen LogP contribution is -1.92. The fraction of sp³-hybridized carbons (Fsp3) is 0.0909. The summed E-state index contributed by atoms with van der Waals surface area (Å²) in [4.78, 5) is 15.2. The van der Waals surface area contributed by atoms with Gasteiger partial charge in [0.05, 0.1) is 4.92 Å². The highest BCUT2D eigenvalue weighted by atomic mass is 32.2. The largest absolute Gasteiger partial charge is 0.287 e. The van der Waals surface area contributed by atoms with Crippen LogP contribution in [0.25, 0.3) is 0 Å². The molecule has 0 amide bonds. The maximum atomic E-state index is 10.7. The number of hydrogen-bond donors (Lipinski definition) is 0. The summed E-state index contributed by atoms with van der Waals surface area (Å²) < 4.78 is 0.852. The van der Waals surface area contributed by atoms with Crippen LogP contribution in [0.5, 0.6) is 0 Å². The fourth-order valence-electron chi connectivity index (χ4n) is 1.31. The molecule has 0 spiro atoms. The van der Waals surface area contributed by atoms with E-state index in [1.807, 2.05) is 18.4 Å². The zero-order chi connectivity index (χ0) is 13.1. The van der Waals surface area contributed by atoms with E-state index >= 15 is 0 Å². The van der Waals surface area contributed by atoms with Crippen molar-refractivity contribution in [1.82, 2.24) is 4.98 Å². The predicted molar refractivity (Wildman–Crippen MR) is 68.8 cm³/mol. The molecule has 0 aliphatic carbocycles. The second-order valence-electron chi connectivity index (χ2n) is 3.40. The normalized spacial score (nSPS) is 10.0. The lowest BCUT2D eigenvalue weighted by molar-refractivity contribution is -0.385. The van der Waals surface area contributed by atoms with Crippen molar-refractivity contribution in [1.29, 1.82) is 5.26 Å². The van der Waals surface area contributed by atoms with Gasteiger partial charge in [-0.05, 0) is 19.1 Å². The fourth-order valence-corrected chi connectivity index (χ4v) is 3.16. The van der Waals surface area contributed by atoms with Gasteiger partial charge in [0.25, 0.3) is 5.69 Å². The first-order valence-electron chi connectivity index (χ1n) is 4.88. The number of nitro benzene ring substituents is 1. The summed E-state index contributed by atoms with van der Waals surface area (Å²) in [5, 5.41) is 21.5. The van der Waals surface area contributed by atoms with Crippen molar-refractivity contribution in [3.63, 3.8) is 0 Å². The molecule has 0 aliphatic heterocycles. The zero-order valence-corrected chi connectivity index (χ0v) is 10.9. The standard InChI is InChI=1S/C11H7N3O2S2/c1-7-6-17-11(13-7)18-9-2-3-10(14(15)16)8(4-9)5-12/h2-4,6H,1H3. The van der Waals surface area contributed by atoms with Gasteiger partial charge in [-0.1, -0.05) is 11.8 Å². The van der Waals surface area contributed by atoms with Crippen LogP contribution in [-0.4, -0.2) is 9.91 Å². The monoisotopic (exact) mass is 277 g/mol. The van der Waals surface area contributed by atoms with Crippen LogP contribution >= 0.6 is 23.1 Å². The number of rotatable bonds is 3. The summed E-state index contributed by atoms with van der Waals surface area (Å²) in [7, 11) is 0. The molecule has 0 saturated heterocycles. The second kappa shape index (κ2) is 5.16. The minimum absolute atomic E-state index is 0.0679. The third-order valence-corrected chi connectivity index (χ3v) is 4.13. The molecule has 0 unspecified atom stereocenters. The summed E-state index contributed by atoms with van der Waals surface area (Å²) in [5.41, 5.74) is 0.834. The number of nitrogens with zero attached hydrogens (tertiary/aromatic N) is 3. The molecule has 0 fully saturated rings. The van der Waals surface area contributed by atoms with E-state index in [4.69, 9.17) is 5.26 Å². The van der Waals surface area contributed by atoms with E-state index in [0.29, 0.717) is 0 Å². The number of nitro groups is 1. The Balaban J connectivity index is 2.31. The maximum Gasteiger partial charge on any atom is 0.287 e. The van der Waals surface area contributed by atoms with Crippen LogP contribution in [-0.2, 0) is 0 Å². The van der Waals surface area contributed by atoms with Crippen LogP contribution in [0.1, 0.15) is 11.3 Å². The molecule has 1 aromatic carbocycles. The Hall–Kier alpha value is -1.91. The number of nitriles is 1. The van der Waals surface area contributed by atoms with Crippen molar-refractivity contribution < 1.29 is 4.92 Å². The van der Waals surface area contributed by atoms with Gasteiger partial charge >= 0.3 is 0 Å². The molecule has 0 N–H and O–H groups in total. The van der Waals surface area contributed by atoms with Gasteiger partial charge in [0.1, 0.15) is 11.6 Å². The Morgan fingerprint density at radius 3 is 2.89 bits per heavy atom. The highest BCUT2D eigenvalue weighted by molar-refractivity contribution is 8.01. The van der Waals surface area contributed by atoms with Crippen molar-refractivity contribution in [2.24, 2.45) is 0 Å². The van der Waals surface area contributed by atoms with Crippen molar-refractivity contribution in [2.75, 3.05) is 0 Å². The number of benzene rings is 1. The summed E-state index contributed by atoms with van der Waals surface area (Å²) in [6.07, 6.45) is 0. The van der Waals surface area contributed by atoms with Gasteiger partial charge < -0.3 is 0 Å². The van der Waals surface area contributed by atoms with Gasteiger partial charge in [0.15, 0.2) is 4.34 Å². The van der Waals surface area contributed by atoms with Gasteiger partial charge in [-0.15, -0.1) is 11.3 Å². The number of aromatic nitrogens is 1. The van der Waals surface area contributed by atoms with E-state index in [1.54, 1.807) is 6.07 Å². The molecule has 0 bridgehead atoms. The Morgan fingerprint density at radius 1 is 1.56 bits per heavy atom. The smallest absolute Gasteiger partial charge is 0.258 e. The Morgan fingerprint density at radius 2 is 2.33 bits per heavy atom. The van der Waals surface area contributed by atoms with E-state index in [0.717, 1.165) is 14.9 Å². The Bertz CT molecular complexity index is 646. The summed E-state index contributed by atoms with van der Waals surface area (Å²) in [6.45, 7) is 1.90. The zero-order valence-electron chi connectivity index (χ0n) is 9.28. The molecule has 1 heterocycles. The third-order valence-electron chi connectivity index (χ3n) is 2.09. The van der Waals surface area contributed by atoms with Gasteiger partial charge in [-0.3, -0.25) is 10.1 Å².